The lowest BCUT2D eigenvalue weighted by Crippen LogP contribution is -2.42. The van der Waals surface area contributed by atoms with Crippen molar-refractivity contribution in [3.8, 4) is 0 Å². The maximum atomic E-state index is 14.3. The molecule has 1 aromatic carbocycles. The lowest BCUT2D eigenvalue weighted by Gasteiger charge is -2.38. The Bertz CT molecular complexity index is 1470. The van der Waals surface area contributed by atoms with Crippen LogP contribution in [0.3, 0.4) is 0 Å². The van der Waals surface area contributed by atoms with Crippen molar-refractivity contribution in [1.29, 1.82) is 0 Å². The molecule has 1 saturated carbocycles. The molecule has 3 heterocycles. The number of carboxylic acid groups (broad SMARTS) is 1. The Morgan fingerprint density at radius 2 is 2.02 bits per heavy atom. The van der Waals surface area contributed by atoms with Gasteiger partial charge in [-0.25, -0.2) is 23.5 Å². The number of rotatable bonds is 8. The maximum Gasteiger partial charge on any atom is 0.335 e. The van der Waals surface area contributed by atoms with Crippen LogP contribution in [0.25, 0.3) is 0 Å². The van der Waals surface area contributed by atoms with Crippen molar-refractivity contribution in [3.05, 3.63) is 80.6 Å². The molecule has 1 unspecified atom stereocenters. The first-order chi connectivity index (χ1) is 19.3. The molecule has 2 aliphatic rings. The van der Waals surface area contributed by atoms with Gasteiger partial charge in [-0.3, -0.25) is 9.79 Å². The van der Waals surface area contributed by atoms with Crippen molar-refractivity contribution < 1.29 is 32.6 Å². The van der Waals surface area contributed by atoms with E-state index in [0.29, 0.717) is 54.7 Å². The molecule has 1 N–H and O–H groups in total. The summed E-state index contributed by atoms with van der Waals surface area (Å²) >= 11 is 7.44. The van der Waals surface area contributed by atoms with Crippen LogP contribution in [0.2, 0.25) is 5.02 Å². The quantitative estimate of drug-likeness (QED) is 0.263. The average molecular weight is 591 g/mol. The van der Waals surface area contributed by atoms with E-state index >= 15 is 0 Å². The van der Waals surface area contributed by atoms with E-state index < -0.39 is 28.7 Å². The number of hydrogen-bond acceptors (Lipinski definition) is 9. The highest BCUT2D eigenvalue weighted by molar-refractivity contribution is 7.11. The Morgan fingerprint density at radius 1 is 1.25 bits per heavy atom. The predicted octanol–water partition coefficient (Wildman–Crippen LogP) is 5.67. The standard InChI is InChI=1S/C27H25ClF2N4O5S/c1-2-38-20(35)11-15-13-39-25(32-15)14-3-5-16(6-4-14)34-12-18(27(36)37)23(33-24(34)26-31-9-10-40-26)17-7-8-19(29)22(30)21(17)28/h7-10,12-14,16,23H,2-6,11H2,1H3,(H,36,37). The van der Waals surface area contributed by atoms with Gasteiger partial charge in [-0.05, 0) is 38.7 Å². The molecule has 1 atom stereocenters. The molecule has 1 aliphatic carbocycles. The van der Waals surface area contributed by atoms with E-state index in [9.17, 15) is 23.5 Å². The summed E-state index contributed by atoms with van der Waals surface area (Å²) in [6.45, 7) is 2.03. The molecule has 40 heavy (non-hydrogen) atoms. The highest BCUT2D eigenvalue weighted by Crippen LogP contribution is 2.41. The number of benzene rings is 1. The molecule has 3 aromatic rings. The van der Waals surface area contributed by atoms with E-state index in [1.807, 2.05) is 4.90 Å². The summed E-state index contributed by atoms with van der Waals surface area (Å²) in [5.41, 5.74) is 0.446. The van der Waals surface area contributed by atoms with Crippen LogP contribution in [-0.2, 0) is 20.7 Å². The third kappa shape index (κ3) is 5.64. The minimum absolute atomic E-state index is 0.0360. The molecule has 1 fully saturated rings. The fourth-order valence-corrected chi connectivity index (χ4v) is 5.92. The lowest BCUT2D eigenvalue weighted by atomic mass is 9.84. The molecular formula is C27H25ClF2N4O5S. The molecule has 9 nitrogen and oxygen atoms in total. The Labute approximate surface area is 237 Å². The van der Waals surface area contributed by atoms with E-state index in [4.69, 9.17) is 25.7 Å². The number of carbonyl (C=O) groups excluding carboxylic acids is 1. The Balaban J connectivity index is 1.39. The van der Waals surface area contributed by atoms with Gasteiger partial charge in [0.15, 0.2) is 28.4 Å². The Morgan fingerprint density at radius 3 is 2.70 bits per heavy atom. The second-order valence-electron chi connectivity index (χ2n) is 9.42. The number of ether oxygens (including phenoxy) is 1. The van der Waals surface area contributed by atoms with E-state index in [-0.39, 0.29) is 35.5 Å². The summed E-state index contributed by atoms with van der Waals surface area (Å²) in [7, 11) is 0. The number of oxazole rings is 1. The number of carboxylic acids is 1. The third-order valence-corrected chi connectivity index (χ3v) is 8.09. The lowest BCUT2D eigenvalue weighted by molar-refractivity contribution is -0.142. The van der Waals surface area contributed by atoms with Crippen molar-refractivity contribution in [2.24, 2.45) is 4.99 Å². The molecule has 0 amide bonds. The fraction of sp³-hybridized carbons (Fsp3) is 0.370. The van der Waals surface area contributed by atoms with Crippen LogP contribution in [0.1, 0.15) is 66.7 Å². The van der Waals surface area contributed by atoms with Gasteiger partial charge in [-0.2, -0.15) is 0 Å². The predicted molar refractivity (Wildman–Crippen MR) is 142 cm³/mol. The first-order valence-corrected chi connectivity index (χ1v) is 14.0. The normalized spacial score (nSPS) is 21.1. The molecule has 0 radical (unpaired) electrons. The van der Waals surface area contributed by atoms with E-state index in [1.54, 1.807) is 18.5 Å². The minimum atomic E-state index is -1.26. The van der Waals surface area contributed by atoms with Gasteiger partial charge in [-0.1, -0.05) is 17.7 Å². The van der Waals surface area contributed by atoms with Crippen LogP contribution in [-0.4, -0.2) is 50.4 Å². The van der Waals surface area contributed by atoms with Gasteiger partial charge in [0.1, 0.15) is 12.3 Å². The SMILES string of the molecule is CCOC(=O)Cc1coc(C2CCC(N3C=C(C(=O)O)C(c4ccc(F)c(F)c4Cl)N=C3c3nccs3)CC2)n1. The summed E-state index contributed by atoms with van der Waals surface area (Å²) in [4.78, 5) is 39.5. The summed E-state index contributed by atoms with van der Waals surface area (Å²) in [5, 5.41) is 11.9. The van der Waals surface area contributed by atoms with Gasteiger partial charge in [0, 0.05) is 35.3 Å². The number of amidine groups is 1. The van der Waals surface area contributed by atoms with Gasteiger partial charge in [0.2, 0.25) is 0 Å². The maximum absolute atomic E-state index is 14.3. The van der Waals surface area contributed by atoms with E-state index in [2.05, 4.69) is 9.97 Å². The number of aliphatic imine (C=N–C) groups is 1. The van der Waals surface area contributed by atoms with Crippen molar-refractivity contribution in [2.45, 2.75) is 57.0 Å². The summed E-state index contributed by atoms with van der Waals surface area (Å²) < 4.78 is 38.7. The molecule has 0 spiro atoms. The highest BCUT2D eigenvalue weighted by Gasteiger charge is 2.37. The Hall–Kier alpha value is -3.64. The van der Waals surface area contributed by atoms with Gasteiger partial charge in [0.05, 0.1) is 29.3 Å². The Kier molecular flexibility index (Phi) is 8.27. The zero-order chi connectivity index (χ0) is 28.4. The van der Waals surface area contributed by atoms with Crippen molar-refractivity contribution in [3.63, 3.8) is 0 Å². The first-order valence-electron chi connectivity index (χ1n) is 12.7. The fourth-order valence-electron chi connectivity index (χ4n) is 5.03. The number of aromatic nitrogens is 2. The number of thiazole rings is 1. The van der Waals surface area contributed by atoms with Crippen LogP contribution in [0, 0.1) is 11.6 Å². The molecule has 2 aromatic heterocycles. The van der Waals surface area contributed by atoms with Crippen LogP contribution < -0.4 is 0 Å². The molecule has 1 aliphatic heterocycles. The van der Waals surface area contributed by atoms with E-state index in [1.165, 1.54) is 29.9 Å². The van der Waals surface area contributed by atoms with Crippen molar-refractivity contribution in [1.82, 2.24) is 14.9 Å². The second kappa shape index (κ2) is 11.8. The van der Waals surface area contributed by atoms with Crippen LogP contribution in [0.4, 0.5) is 8.78 Å². The van der Waals surface area contributed by atoms with Crippen molar-refractivity contribution >= 4 is 40.7 Å². The third-order valence-electron chi connectivity index (χ3n) is 6.94. The van der Waals surface area contributed by atoms with Gasteiger partial charge < -0.3 is 19.2 Å². The largest absolute Gasteiger partial charge is 0.478 e. The number of hydrogen-bond donors (Lipinski definition) is 1. The topological polar surface area (TPSA) is 118 Å². The first kappa shape index (κ1) is 27.9. The number of esters is 1. The number of carbonyl (C=O) groups is 2. The van der Waals surface area contributed by atoms with Gasteiger partial charge in [0.25, 0.3) is 0 Å². The number of nitrogens with zero attached hydrogens (tertiary/aromatic N) is 4. The molecule has 5 rings (SSSR count). The molecular weight excluding hydrogens is 566 g/mol. The summed E-state index contributed by atoms with van der Waals surface area (Å²) in [6.07, 6.45) is 7.39. The zero-order valence-corrected chi connectivity index (χ0v) is 22.9. The smallest absolute Gasteiger partial charge is 0.335 e. The van der Waals surface area contributed by atoms with Crippen molar-refractivity contribution in [2.75, 3.05) is 6.61 Å². The number of aliphatic carboxylic acids is 1. The molecule has 13 heteroatoms. The highest BCUT2D eigenvalue weighted by atomic mass is 35.5. The van der Waals surface area contributed by atoms with Crippen LogP contribution in [0.5, 0.6) is 0 Å². The van der Waals surface area contributed by atoms with E-state index in [0.717, 1.165) is 6.07 Å². The van der Waals surface area contributed by atoms with Gasteiger partial charge >= 0.3 is 11.9 Å². The number of halogens is 3. The van der Waals surface area contributed by atoms with Crippen LogP contribution >= 0.6 is 22.9 Å². The molecule has 0 bridgehead atoms. The summed E-state index contributed by atoms with van der Waals surface area (Å²) in [6, 6.07) is 0.891. The summed E-state index contributed by atoms with van der Waals surface area (Å²) in [5.74, 6) is -2.98. The minimum Gasteiger partial charge on any atom is -0.478 e. The monoisotopic (exact) mass is 590 g/mol. The van der Waals surface area contributed by atoms with Gasteiger partial charge in [-0.15, -0.1) is 11.3 Å². The average Bonchev–Trinajstić information content (AvgIpc) is 3.64. The zero-order valence-electron chi connectivity index (χ0n) is 21.3. The molecule has 210 valence electrons. The second-order valence-corrected chi connectivity index (χ2v) is 10.7. The molecule has 0 saturated heterocycles. The van der Waals surface area contributed by atoms with Crippen LogP contribution in [0.15, 0.2) is 51.2 Å².